The van der Waals surface area contributed by atoms with Gasteiger partial charge in [0, 0.05) is 30.0 Å². The molecule has 1 aromatic carbocycles. The number of aliphatic imine (C=N–C) groups is 1. The number of carbonyl (C=O) groups is 1. The third kappa shape index (κ3) is 4.14. The molecule has 148 valence electrons. The van der Waals surface area contributed by atoms with E-state index in [1.807, 2.05) is 20.8 Å². The van der Waals surface area contributed by atoms with E-state index in [1.165, 1.54) is 17.8 Å². The molecule has 27 heavy (non-hydrogen) atoms. The van der Waals surface area contributed by atoms with Crippen molar-refractivity contribution in [1.29, 1.82) is 0 Å². The lowest BCUT2D eigenvalue weighted by Crippen LogP contribution is -2.40. The quantitative estimate of drug-likeness (QED) is 0.619. The van der Waals surface area contributed by atoms with E-state index in [0.29, 0.717) is 28.5 Å². The molecular formula is C20H27FN2O3S. The van der Waals surface area contributed by atoms with Crippen molar-refractivity contribution in [2.24, 2.45) is 10.9 Å². The Bertz CT molecular complexity index is 762. The molecule has 2 aliphatic rings. The smallest absolute Gasteiger partial charge is 0.312 e. The van der Waals surface area contributed by atoms with E-state index in [2.05, 4.69) is 0 Å². The van der Waals surface area contributed by atoms with Gasteiger partial charge in [0.05, 0.1) is 23.1 Å². The summed E-state index contributed by atoms with van der Waals surface area (Å²) in [5, 5.41) is 0.680. The number of carbonyl (C=O) groups excluding carboxylic acids is 1. The van der Waals surface area contributed by atoms with E-state index >= 15 is 0 Å². The number of anilines is 1. The number of nitrogens with two attached hydrogens (primary N) is 1. The van der Waals surface area contributed by atoms with Gasteiger partial charge in [0.1, 0.15) is 11.4 Å². The molecule has 0 bridgehead atoms. The van der Waals surface area contributed by atoms with E-state index < -0.39 is 11.1 Å². The fraction of sp³-hybridized carbons (Fsp3) is 0.600. The maximum absolute atomic E-state index is 14.8. The number of nitrogens with zero attached hydrogens (tertiary/aromatic N) is 1. The van der Waals surface area contributed by atoms with Gasteiger partial charge >= 0.3 is 5.97 Å². The molecule has 2 N–H and O–H groups in total. The Balaban J connectivity index is 1.98. The number of rotatable bonds is 4. The molecule has 7 heteroatoms. The molecule has 1 fully saturated rings. The van der Waals surface area contributed by atoms with Crippen LogP contribution in [0.15, 0.2) is 23.2 Å². The predicted molar refractivity (Wildman–Crippen MR) is 106 cm³/mol. The molecule has 0 spiro atoms. The number of ether oxygens (including phenoxy) is 2. The molecule has 0 radical (unpaired) electrons. The van der Waals surface area contributed by atoms with Gasteiger partial charge in [-0.25, -0.2) is 4.39 Å². The predicted octanol–water partition coefficient (Wildman–Crippen LogP) is 3.91. The molecule has 1 saturated carbocycles. The molecule has 1 aliphatic carbocycles. The van der Waals surface area contributed by atoms with Gasteiger partial charge in [-0.3, -0.25) is 9.79 Å². The summed E-state index contributed by atoms with van der Waals surface area (Å²) in [5.74, 6) is 0.107. The van der Waals surface area contributed by atoms with Crippen LogP contribution in [0, 0.1) is 11.7 Å². The maximum Gasteiger partial charge on any atom is 0.312 e. The SMILES string of the molecule is CO[C@@H]1CC[C@]2(c3cc(N)ccc3F)N=C(CC(=O)OC(C)(C)C)SC[C@H]12. The van der Waals surface area contributed by atoms with Gasteiger partial charge in [0.2, 0.25) is 0 Å². The van der Waals surface area contributed by atoms with Crippen molar-refractivity contribution >= 4 is 28.5 Å². The second-order valence-corrected chi connectivity index (χ2v) is 9.26. The molecule has 1 heterocycles. The van der Waals surface area contributed by atoms with E-state index in [4.69, 9.17) is 20.2 Å². The van der Waals surface area contributed by atoms with E-state index in [-0.39, 0.29) is 30.2 Å². The molecule has 0 amide bonds. The molecule has 0 aromatic heterocycles. The van der Waals surface area contributed by atoms with Crippen molar-refractivity contribution in [1.82, 2.24) is 0 Å². The number of esters is 1. The second kappa shape index (κ2) is 7.43. The fourth-order valence-electron chi connectivity index (χ4n) is 4.02. The summed E-state index contributed by atoms with van der Waals surface area (Å²) in [6.07, 6.45) is 1.55. The normalized spacial score (nSPS) is 27.8. The van der Waals surface area contributed by atoms with Gasteiger partial charge < -0.3 is 15.2 Å². The summed E-state index contributed by atoms with van der Waals surface area (Å²) in [4.78, 5) is 17.2. The summed E-state index contributed by atoms with van der Waals surface area (Å²) in [6.45, 7) is 5.50. The molecule has 0 saturated heterocycles. The van der Waals surface area contributed by atoms with Crippen LogP contribution < -0.4 is 5.73 Å². The highest BCUT2D eigenvalue weighted by molar-refractivity contribution is 8.14. The Morgan fingerprint density at radius 3 is 2.85 bits per heavy atom. The number of benzene rings is 1. The zero-order chi connectivity index (χ0) is 19.8. The van der Waals surface area contributed by atoms with Gasteiger partial charge in [-0.1, -0.05) is 0 Å². The number of halogens is 1. The molecule has 3 rings (SSSR count). The van der Waals surface area contributed by atoms with Crippen LogP contribution in [0.5, 0.6) is 0 Å². The Labute approximate surface area is 163 Å². The monoisotopic (exact) mass is 394 g/mol. The van der Waals surface area contributed by atoms with Crippen molar-refractivity contribution in [3.05, 3.63) is 29.6 Å². The van der Waals surface area contributed by atoms with Crippen molar-refractivity contribution in [3.63, 3.8) is 0 Å². The zero-order valence-electron chi connectivity index (χ0n) is 16.3. The van der Waals surface area contributed by atoms with Gasteiger partial charge in [-0.15, -0.1) is 11.8 Å². The number of hydrogen-bond acceptors (Lipinski definition) is 6. The Morgan fingerprint density at radius 1 is 1.44 bits per heavy atom. The lowest BCUT2D eigenvalue weighted by molar-refractivity contribution is -0.153. The van der Waals surface area contributed by atoms with Crippen molar-refractivity contribution in [2.75, 3.05) is 18.6 Å². The number of nitrogen functional groups attached to an aromatic ring is 1. The fourth-order valence-corrected chi connectivity index (χ4v) is 5.33. The first kappa shape index (κ1) is 20.1. The van der Waals surface area contributed by atoms with Crippen LogP contribution in [0.1, 0.15) is 45.6 Å². The van der Waals surface area contributed by atoms with Gasteiger partial charge in [0.25, 0.3) is 0 Å². The highest BCUT2D eigenvalue weighted by Crippen LogP contribution is 2.53. The maximum atomic E-state index is 14.8. The highest BCUT2D eigenvalue weighted by atomic mass is 32.2. The third-order valence-electron chi connectivity index (χ3n) is 5.10. The van der Waals surface area contributed by atoms with Crippen LogP contribution in [0.2, 0.25) is 0 Å². The Morgan fingerprint density at radius 2 is 2.19 bits per heavy atom. The van der Waals surface area contributed by atoms with Crippen LogP contribution in [-0.4, -0.2) is 35.6 Å². The summed E-state index contributed by atoms with van der Waals surface area (Å²) in [7, 11) is 1.68. The van der Waals surface area contributed by atoms with Crippen molar-refractivity contribution in [3.8, 4) is 0 Å². The summed E-state index contributed by atoms with van der Waals surface area (Å²) in [5.41, 5.74) is 5.64. The zero-order valence-corrected chi connectivity index (χ0v) is 17.1. The first-order chi connectivity index (χ1) is 12.6. The minimum atomic E-state index is -0.747. The van der Waals surface area contributed by atoms with Gasteiger partial charge in [0.15, 0.2) is 0 Å². The number of hydrogen-bond donors (Lipinski definition) is 1. The largest absolute Gasteiger partial charge is 0.460 e. The standard InChI is InChI=1S/C20H27FN2O3S/c1-19(2,3)26-18(24)10-17-23-20(13-9-12(22)5-6-15(13)21)8-7-16(25-4)14(20)11-27-17/h5-6,9,14,16H,7-8,10-11,22H2,1-4H3/t14-,16-,20-/m1/s1. The third-order valence-corrected chi connectivity index (χ3v) is 6.20. The lowest BCUT2D eigenvalue weighted by Gasteiger charge is -2.38. The molecule has 0 unspecified atom stereocenters. The number of thioether (sulfide) groups is 1. The van der Waals surface area contributed by atoms with Gasteiger partial charge in [-0.05, 0) is 51.8 Å². The summed E-state index contributed by atoms with van der Waals surface area (Å²) in [6, 6.07) is 4.61. The Kier molecular flexibility index (Phi) is 5.54. The average molecular weight is 395 g/mol. The van der Waals surface area contributed by atoms with Gasteiger partial charge in [-0.2, -0.15) is 0 Å². The van der Waals surface area contributed by atoms with Crippen LogP contribution in [-0.2, 0) is 19.8 Å². The highest BCUT2D eigenvalue weighted by Gasteiger charge is 2.53. The van der Waals surface area contributed by atoms with E-state index in [9.17, 15) is 9.18 Å². The van der Waals surface area contributed by atoms with Crippen LogP contribution in [0.25, 0.3) is 0 Å². The van der Waals surface area contributed by atoms with Crippen molar-refractivity contribution < 1.29 is 18.7 Å². The summed E-state index contributed by atoms with van der Waals surface area (Å²) < 4.78 is 25.8. The average Bonchev–Trinajstić information content (AvgIpc) is 2.94. The van der Waals surface area contributed by atoms with Crippen LogP contribution >= 0.6 is 11.8 Å². The lowest BCUT2D eigenvalue weighted by atomic mass is 9.80. The van der Waals surface area contributed by atoms with Crippen LogP contribution in [0.3, 0.4) is 0 Å². The molecule has 1 aliphatic heterocycles. The summed E-state index contributed by atoms with van der Waals surface area (Å²) >= 11 is 1.53. The first-order valence-corrected chi connectivity index (χ1v) is 10.1. The molecular weight excluding hydrogens is 367 g/mol. The topological polar surface area (TPSA) is 73.9 Å². The molecule has 1 aromatic rings. The van der Waals surface area contributed by atoms with Crippen molar-refractivity contribution in [2.45, 2.75) is 57.3 Å². The van der Waals surface area contributed by atoms with Crippen LogP contribution in [0.4, 0.5) is 10.1 Å². The van der Waals surface area contributed by atoms with E-state index in [1.54, 1.807) is 19.2 Å². The van der Waals surface area contributed by atoms with E-state index in [0.717, 1.165) is 6.42 Å². The number of fused-ring (bicyclic) bond motifs is 1. The molecule has 5 nitrogen and oxygen atoms in total. The number of methoxy groups -OCH3 is 1. The Hall–Kier alpha value is -1.60. The minimum absolute atomic E-state index is 0.00478. The minimum Gasteiger partial charge on any atom is -0.460 e. The first-order valence-electron chi connectivity index (χ1n) is 9.16. The molecule has 3 atom stereocenters. The second-order valence-electron chi connectivity index (χ2n) is 8.16.